The Kier molecular flexibility index (Phi) is 3.11. The third-order valence-corrected chi connectivity index (χ3v) is 7.97. The first-order chi connectivity index (χ1) is 17.3. The summed E-state index contributed by atoms with van der Waals surface area (Å²) in [5.74, 6) is 0. The van der Waals surface area contributed by atoms with Gasteiger partial charge in [0.1, 0.15) is 5.65 Å². The van der Waals surface area contributed by atoms with E-state index in [2.05, 4.69) is 75.0 Å². The van der Waals surface area contributed by atoms with E-state index in [1.807, 2.05) is 24.8 Å². The molecule has 0 amide bonds. The Labute approximate surface area is 200 Å². The van der Waals surface area contributed by atoms with Crippen LogP contribution >= 0.6 is 0 Å². The maximum Gasteiger partial charge on any atom is 0.147 e. The van der Waals surface area contributed by atoms with Crippen molar-refractivity contribution in [2.24, 2.45) is 0 Å². The second kappa shape index (κ2) is 6.10. The lowest BCUT2D eigenvalue weighted by Crippen LogP contribution is -1.93. The Balaban J connectivity index is 1.41. The lowest BCUT2D eigenvalue weighted by molar-refractivity contribution is 1.23. The van der Waals surface area contributed by atoms with Gasteiger partial charge in [0.15, 0.2) is 0 Å². The molecule has 0 saturated carbocycles. The fourth-order valence-electron chi connectivity index (χ4n) is 6.50. The van der Waals surface area contributed by atoms with Crippen LogP contribution in [0.15, 0.2) is 85.5 Å². The maximum atomic E-state index is 5.18. The standard InChI is InChI=1S/C31H18N4/c1-2-4-21-17(3-1)11-18-5-6-19-12-20-13-27-26(14-24(20)30(19)29(18)21)34-31-25-15-32-9-7-22(25)23-8-10-33-16-28(23)35(27)31/h1-10,13-16H,11-12H2. The van der Waals surface area contributed by atoms with Crippen LogP contribution in [0.1, 0.15) is 22.3 Å². The summed E-state index contributed by atoms with van der Waals surface area (Å²) in [6, 6.07) is 22.4. The van der Waals surface area contributed by atoms with Gasteiger partial charge in [0.05, 0.1) is 22.7 Å². The van der Waals surface area contributed by atoms with Crippen molar-refractivity contribution in [1.82, 2.24) is 19.4 Å². The smallest absolute Gasteiger partial charge is 0.147 e. The van der Waals surface area contributed by atoms with Crippen molar-refractivity contribution in [1.29, 1.82) is 0 Å². The average molecular weight is 447 g/mol. The zero-order valence-corrected chi connectivity index (χ0v) is 18.8. The van der Waals surface area contributed by atoms with Crippen molar-refractivity contribution < 1.29 is 0 Å². The number of nitrogens with zero attached hydrogens (tertiary/aromatic N) is 4. The van der Waals surface area contributed by atoms with Gasteiger partial charge in [-0.05, 0) is 87.0 Å². The third-order valence-electron chi connectivity index (χ3n) is 7.97. The van der Waals surface area contributed by atoms with Gasteiger partial charge >= 0.3 is 0 Å². The number of benzene rings is 3. The number of aromatic nitrogens is 4. The Bertz CT molecular complexity index is 2070. The predicted octanol–water partition coefficient (Wildman–Crippen LogP) is 6.73. The van der Waals surface area contributed by atoms with Crippen molar-refractivity contribution in [3.63, 3.8) is 0 Å². The monoisotopic (exact) mass is 446 g/mol. The third kappa shape index (κ3) is 2.15. The lowest BCUT2D eigenvalue weighted by atomic mass is 9.94. The Morgan fingerprint density at radius 2 is 1.37 bits per heavy atom. The van der Waals surface area contributed by atoms with Crippen LogP contribution < -0.4 is 0 Å². The molecule has 0 spiro atoms. The predicted molar refractivity (Wildman–Crippen MR) is 140 cm³/mol. The molecule has 0 saturated heterocycles. The zero-order valence-electron chi connectivity index (χ0n) is 18.8. The summed E-state index contributed by atoms with van der Waals surface area (Å²) in [5.41, 5.74) is 15.3. The minimum Gasteiger partial charge on any atom is -0.290 e. The van der Waals surface area contributed by atoms with Crippen LogP contribution in [-0.2, 0) is 12.8 Å². The van der Waals surface area contributed by atoms with Gasteiger partial charge in [-0.1, -0.05) is 36.4 Å². The van der Waals surface area contributed by atoms with Crippen molar-refractivity contribution in [3.05, 3.63) is 108 Å². The second-order valence-electron chi connectivity index (χ2n) is 9.73. The van der Waals surface area contributed by atoms with Crippen molar-refractivity contribution in [2.45, 2.75) is 12.8 Å². The molecule has 0 unspecified atom stereocenters. The number of fused-ring (bicyclic) bond motifs is 15. The van der Waals surface area contributed by atoms with Crippen molar-refractivity contribution in [3.8, 4) is 22.3 Å². The van der Waals surface area contributed by atoms with Gasteiger partial charge in [-0.2, -0.15) is 0 Å². The Morgan fingerprint density at radius 1 is 0.600 bits per heavy atom. The molecule has 0 radical (unpaired) electrons. The molecule has 4 nitrogen and oxygen atoms in total. The van der Waals surface area contributed by atoms with Gasteiger partial charge in [0.25, 0.3) is 0 Å². The largest absolute Gasteiger partial charge is 0.290 e. The van der Waals surface area contributed by atoms with E-state index in [0.29, 0.717) is 0 Å². The molecule has 0 atom stereocenters. The van der Waals surface area contributed by atoms with Crippen molar-refractivity contribution >= 4 is 38.4 Å². The number of hydrogen-bond donors (Lipinski definition) is 0. The highest BCUT2D eigenvalue weighted by Gasteiger charge is 2.29. The minimum absolute atomic E-state index is 0.941. The average Bonchev–Trinajstić information content (AvgIpc) is 3.58. The molecule has 0 aliphatic heterocycles. The first-order valence-electron chi connectivity index (χ1n) is 12.0. The van der Waals surface area contributed by atoms with Crippen LogP contribution in [0.25, 0.3) is 60.6 Å². The molecular formula is C31H18N4. The van der Waals surface area contributed by atoms with E-state index < -0.39 is 0 Å². The molecule has 162 valence electrons. The molecule has 35 heavy (non-hydrogen) atoms. The van der Waals surface area contributed by atoms with E-state index in [-0.39, 0.29) is 0 Å². The first-order valence-corrected chi connectivity index (χ1v) is 12.0. The summed E-state index contributed by atoms with van der Waals surface area (Å²) in [6.07, 6.45) is 9.57. The fraction of sp³-hybridized carbons (Fsp3) is 0.0645. The highest BCUT2D eigenvalue weighted by atomic mass is 15.0. The number of pyridine rings is 3. The van der Waals surface area contributed by atoms with E-state index in [4.69, 9.17) is 4.98 Å². The summed E-state index contributed by atoms with van der Waals surface area (Å²) < 4.78 is 2.27. The number of hydrogen-bond acceptors (Lipinski definition) is 3. The van der Waals surface area contributed by atoms with E-state index in [1.165, 1.54) is 49.9 Å². The van der Waals surface area contributed by atoms with Crippen LogP contribution in [0.2, 0.25) is 0 Å². The van der Waals surface area contributed by atoms with E-state index >= 15 is 0 Å². The Morgan fingerprint density at radius 3 is 2.29 bits per heavy atom. The molecule has 4 aromatic heterocycles. The van der Waals surface area contributed by atoms with Crippen LogP contribution in [0, 0.1) is 0 Å². The molecule has 0 bridgehead atoms. The molecular weight excluding hydrogens is 428 g/mol. The highest BCUT2D eigenvalue weighted by Crippen LogP contribution is 2.50. The van der Waals surface area contributed by atoms with Gasteiger partial charge < -0.3 is 0 Å². The molecule has 3 aromatic carbocycles. The molecule has 2 aliphatic carbocycles. The molecule has 4 heterocycles. The minimum atomic E-state index is 0.941. The lowest BCUT2D eigenvalue weighted by Gasteiger charge is -2.10. The SMILES string of the molecule is c1ccc2c(c1)Cc1ccc3c(c1-2)-c1cc2nc4c5cnccc5c5ccncc5n4c2cc1C3. The molecule has 0 fully saturated rings. The van der Waals surface area contributed by atoms with Crippen LogP contribution in [0.3, 0.4) is 0 Å². The first kappa shape index (κ1) is 17.8. The number of imidazole rings is 1. The van der Waals surface area contributed by atoms with Crippen molar-refractivity contribution in [2.75, 3.05) is 0 Å². The molecule has 0 N–H and O–H groups in total. The Hall–Kier alpha value is -4.57. The summed E-state index contributed by atoms with van der Waals surface area (Å²) in [5, 5.41) is 3.40. The fourth-order valence-corrected chi connectivity index (χ4v) is 6.50. The van der Waals surface area contributed by atoms with Crippen LogP contribution in [-0.4, -0.2) is 19.4 Å². The highest BCUT2D eigenvalue weighted by molar-refractivity contribution is 6.13. The summed E-state index contributed by atoms with van der Waals surface area (Å²) >= 11 is 0. The molecule has 4 heteroatoms. The maximum absolute atomic E-state index is 5.18. The number of rotatable bonds is 0. The van der Waals surface area contributed by atoms with Gasteiger partial charge in [0.2, 0.25) is 0 Å². The normalized spacial score (nSPS) is 13.5. The summed E-state index contributed by atoms with van der Waals surface area (Å²) in [4.78, 5) is 14.1. The van der Waals surface area contributed by atoms with Gasteiger partial charge in [0, 0.05) is 29.4 Å². The van der Waals surface area contributed by atoms with Crippen LogP contribution in [0.4, 0.5) is 0 Å². The van der Waals surface area contributed by atoms with Gasteiger partial charge in [-0.25, -0.2) is 4.98 Å². The molecule has 7 aromatic rings. The molecule has 9 rings (SSSR count). The van der Waals surface area contributed by atoms with E-state index in [0.717, 1.165) is 45.8 Å². The zero-order chi connectivity index (χ0) is 22.7. The van der Waals surface area contributed by atoms with Crippen LogP contribution in [0.5, 0.6) is 0 Å². The van der Waals surface area contributed by atoms with E-state index in [1.54, 1.807) is 0 Å². The molecule has 2 aliphatic rings. The summed E-state index contributed by atoms with van der Waals surface area (Å²) in [6.45, 7) is 0. The second-order valence-corrected chi connectivity index (χ2v) is 9.73. The topological polar surface area (TPSA) is 43.1 Å². The van der Waals surface area contributed by atoms with E-state index in [9.17, 15) is 0 Å². The van der Waals surface area contributed by atoms with Gasteiger partial charge in [-0.15, -0.1) is 0 Å². The summed E-state index contributed by atoms with van der Waals surface area (Å²) in [7, 11) is 0. The quantitative estimate of drug-likeness (QED) is 0.243. The van der Waals surface area contributed by atoms with Gasteiger partial charge in [-0.3, -0.25) is 14.4 Å².